The van der Waals surface area contributed by atoms with Crippen LogP contribution in [0.15, 0.2) is 54.6 Å². The summed E-state index contributed by atoms with van der Waals surface area (Å²) in [6, 6.07) is 14.2. The van der Waals surface area contributed by atoms with Crippen molar-refractivity contribution in [2.24, 2.45) is 0 Å². The van der Waals surface area contributed by atoms with Gasteiger partial charge in [0.15, 0.2) is 11.6 Å². The van der Waals surface area contributed by atoms with E-state index in [-0.39, 0.29) is 24.5 Å². The number of hydrogen-bond donors (Lipinski definition) is 1. The highest BCUT2D eigenvalue weighted by atomic mass is 19.2. The molecule has 0 saturated carbocycles. The van der Waals surface area contributed by atoms with E-state index in [1.165, 1.54) is 18.2 Å². The Bertz CT molecular complexity index is 995. The van der Waals surface area contributed by atoms with E-state index in [0.29, 0.717) is 16.7 Å². The van der Waals surface area contributed by atoms with Gasteiger partial charge in [-0.05, 0) is 41.8 Å². The molecule has 2 nitrogen and oxygen atoms in total. The molecule has 0 fully saturated rings. The molecule has 0 heterocycles. The summed E-state index contributed by atoms with van der Waals surface area (Å²) in [4.78, 5) is 0. The van der Waals surface area contributed by atoms with Crippen molar-refractivity contribution in [1.82, 2.24) is 0 Å². The Morgan fingerprint density at radius 3 is 2.29 bits per heavy atom. The summed E-state index contributed by atoms with van der Waals surface area (Å²) in [5.41, 5.74) is 2.34. The van der Waals surface area contributed by atoms with Gasteiger partial charge >= 0.3 is 0 Å². The minimum atomic E-state index is -1.01. The van der Waals surface area contributed by atoms with Crippen molar-refractivity contribution in [3.63, 3.8) is 0 Å². The average Bonchev–Trinajstić information content (AvgIpc) is 2.71. The first-order valence-electron chi connectivity index (χ1n) is 8.82. The monoisotopic (exact) mass is 384 g/mol. The van der Waals surface area contributed by atoms with Crippen molar-refractivity contribution in [3.05, 3.63) is 88.7 Å². The SMILES string of the molecule is CCOc1ccc(-c2ccc(C=Cc3ccc(CO)cc3F)cc2)c(F)c1F. The lowest BCUT2D eigenvalue weighted by Gasteiger charge is -2.09. The molecule has 0 saturated heterocycles. The topological polar surface area (TPSA) is 29.5 Å². The van der Waals surface area contributed by atoms with Gasteiger partial charge in [0, 0.05) is 11.1 Å². The van der Waals surface area contributed by atoms with Gasteiger partial charge in [0.1, 0.15) is 5.82 Å². The Balaban J connectivity index is 1.81. The van der Waals surface area contributed by atoms with E-state index >= 15 is 0 Å². The molecule has 0 aliphatic carbocycles. The third-order valence-electron chi connectivity index (χ3n) is 4.27. The molecule has 3 aromatic rings. The smallest absolute Gasteiger partial charge is 0.201 e. The lowest BCUT2D eigenvalue weighted by atomic mass is 10.0. The van der Waals surface area contributed by atoms with Crippen molar-refractivity contribution < 1.29 is 23.0 Å². The maximum Gasteiger partial charge on any atom is 0.201 e. The largest absolute Gasteiger partial charge is 0.491 e. The van der Waals surface area contributed by atoms with Gasteiger partial charge in [-0.3, -0.25) is 0 Å². The number of ether oxygens (including phenoxy) is 1. The predicted octanol–water partition coefficient (Wildman–Crippen LogP) is 5.83. The van der Waals surface area contributed by atoms with Crippen LogP contribution in [0.1, 0.15) is 23.6 Å². The molecule has 28 heavy (non-hydrogen) atoms. The number of halogens is 3. The fraction of sp³-hybridized carbons (Fsp3) is 0.130. The second-order valence-corrected chi connectivity index (χ2v) is 6.14. The molecule has 0 aliphatic heterocycles. The molecular weight excluding hydrogens is 365 g/mol. The first-order chi connectivity index (χ1) is 13.5. The first-order valence-corrected chi connectivity index (χ1v) is 8.82. The maximum absolute atomic E-state index is 14.3. The number of rotatable bonds is 6. The second kappa shape index (κ2) is 8.76. The molecule has 0 aliphatic rings. The van der Waals surface area contributed by atoms with Crippen molar-refractivity contribution in [2.45, 2.75) is 13.5 Å². The van der Waals surface area contributed by atoms with Crippen LogP contribution >= 0.6 is 0 Å². The highest BCUT2D eigenvalue weighted by Crippen LogP contribution is 2.30. The Morgan fingerprint density at radius 1 is 0.893 bits per heavy atom. The average molecular weight is 384 g/mol. The van der Waals surface area contributed by atoms with Gasteiger partial charge < -0.3 is 9.84 Å². The lowest BCUT2D eigenvalue weighted by Crippen LogP contribution is -1.98. The zero-order valence-electron chi connectivity index (χ0n) is 15.3. The highest BCUT2D eigenvalue weighted by molar-refractivity contribution is 5.72. The Kier molecular flexibility index (Phi) is 6.16. The zero-order valence-corrected chi connectivity index (χ0v) is 15.3. The van der Waals surface area contributed by atoms with Gasteiger partial charge in [0.05, 0.1) is 13.2 Å². The van der Waals surface area contributed by atoms with Gasteiger partial charge in [-0.25, -0.2) is 8.78 Å². The van der Waals surface area contributed by atoms with Crippen molar-refractivity contribution in [2.75, 3.05) is 6.61 Å². The molecule has 0 atom stereocenters. The summed E-state index contributed by atoms with van der Waals surface area (Å²) in [7, 11) is 0. The summed E-state index contributed by atoms with van der Waals surface area (Å²) in [5.74, 6) is -2.51. The molecule has 0 amide bonds. The fourth-order valence-corrected chi connectivity index (χ4v) is 2.79. The van der Waals surface area contributed by atoms with Crippen LogP contribution in [0.2, 0.25) is 0 Å². The molecule has 0 unspecified atom stereocenters. The van der Waals surface area contributed by atoms with Crippen LogP contribution in [0.3, 0.4) is 0 Å². The number of benzene rings is 3. The summed E-state index contributed by atoms with van der Waals surface area (Å²) in [6.45, 7) is 1.73. The van der Waals surface area contributed by atoms with Crippen LogP contribution in [0.5, 0.6) is 5.75 Å². The number of hydrogen-bond acceptors (Lipinski definition) is 2. The van der Waals surface area contributed by atoms with Crippen molar-refractivity contribution >= 4 is 12.2 Å². The van der Waals surface area contributed by atoms with E-state index in [1.54, 1.807) is 55.5 Å². The molecule has 1 N–H and O–H groups in total. The van der Waals surface area contributed by atoms with E-state index in [4.69, 9.17) is 9.84 Å². The van der Waals surface area contributed by atoms with Gasteiger partial charge in [0.2, 0.25) is 5.82 Å². The van der Waals surface area contributed by atoms with Crippen LogP contribution < -0.4 is 4.74 Å². The Morgan fingerprint density at radius 2 is 1.64 bits per heavy atom. The van der Waals surface area contributed by atoms with Crippen LogP contribution in [0.4, 0.5) is 13.2 Å². The standard InChI is InChI=1S/C23H19F3O2/c1-2-28-21-12-11-19(22(25)23(21)26)17-7-3-15(4-8-17)5-9-18-10-6-16(14-27)13-20(18)24/h3-13,27H,2,14H2,1H3. The molecule has 144 valence electrons. The van der Waals surface area contributed by atoms with Crippen molar-refractivity contribution in [3.8, 4) is 16.9 Å². The fourth-order valence-electron chi connectivity index (χ4n) is 2.79. The van der Waals surface area contributed by atoms with Crippen LogP contribution in [-0.2, 0) is 6.61 Å². The normalized spacial score (nSPS) is 11.2. The molecule has 5 heteroatoms. The number of aliphatic hydroxyl groups excluding tert-OH is 1. The minimum absolute atomic E-state index is 0.113. The third kappa shape index (κ3) is 4.26. The molecule has 3 aromatic carbocycles. The van der Waals surface area contributed by atoms with Crippen LogP contribution in [-0.4, -0.2) is 11.7 Å². The summed E-state index contributed by atoms with van der Waals surface area (Å²) in [6.07, 6.45) is 3.33. The minimum Gasteiger partial charge on any atom is -0.491 e. The molecule has 0 aromatic heterocycles. The maximum atomic E-state index is 14.3. The van der Waals surface area contributed by atoms with Crippen molar-refractivity contribution in [1.29, 1.82) is 0 Å². The van der Waals surface area contributed by atoms with Gasteiger partial charge in [-0.2, -0.15) is 4.39 Å². The second-order valence-electron chi connectivity index (χ2n) is 6.14. The number of aliphatic hydroxyl groups is 1. The summed E-state index contributed by atoms with van der Waals surface area (Å²) >= 11 is 0. The molecule has 3 rings (SSSR count). The quantitative estimate of drug-likeness (QED) is 0.542. The summed E-state index contributed by atoms with van der Waals surface area (Å²) < 4.78 is 47.4. The molecule has 0 spiro atoms. The zero-order chi connectivity index (χ0) is 20.1. The van der Waals surface area contributed by atoms with Crippen LogP contribution in [0, 0.1) is 17.5 Å². The van der Waals surface area contributed by atoms with Gasteiger partial charge in [-0.1, -0.05) is 48.6 Å². The Labute approximate surface area is 161 Å². The lowest BCUT2D eigenvalue weighted by molar-refractivity contribution is 0.281. The molecule has 0 bridgehead atoms. The van der Waals surface area contributed by atoms with E-state index < -0.39 is 17.5 Å². The van der Waals surface area contributed by atoms with E-state index in [1.807, 2.05) is 0 Å². The third-order valence-corrected chi connectivity index (χ3v) is 4.27. The highest BCUT2D eigenvalue weighted by Gasteiger charge is 2.15. The summed E-state index contributed by atoms with van der Waals surface area (Å²) in [5, 5.41) is 9.02. The molecule has 0 radical (unpaired) electrons. The van der Waals surface area contributed by atoms with Crippen LogP contribution in [0.25, 0.3) is 23.3 Å². The van der Waals surface area contributed by atoms with E-state index in [0.717, 1.165) is 5.56 Å². The Hall–Kier alpha value is -3.05. The van der Waals surface area contributed by atoms with E-state index in [9.17, 15) is 13.2 Å². The van der Waals surface area contributed by atoms with Gasteiger partial charge in [0.25, 0.3) is 0 Å². The van der Waals surface area contributed by atoms with E-state index in [2.05, 4.69) is 0 Å². The van der Waals surface area contributed by atoms with Gasteiger partial charge in [-0.15, -0.1) is 0 Å². The molecular formula is C23H19F3O2. The predicted molar refractivity (Wildman–Crippen MR) is 104 cm³/mol. The first kappa shape index (κ1) is 19.7.